The number of carbonyl (C=O) groups is 1. The zero-order valence-electron chi connectivity index (χ0n) is 17.4. The highest BCUT2D eigenvalue weighted by molar-refractivity contribution is 6.00. The molecular formula is C22H23N5O5. The molecular weight excluding hydrogens is 414 g/mol. The third kappa shape index (κ3) is 4.80. The minimum atomic E-state index is -0.595. The number of benzene rings is 1. The van der Waals surface area contributed by atoms with Gasteiger partial charge in [-0.1, -0.05) is 5.16 Å². The highest BCUT2D eigenvalue weighted by Crippen LogP contribution is 2.38. The number of carbonyl (C=O) groups excluding carboxylic acids is 1. The second-order valence-electron chi connectivity index (χ2n) is 7.21. The van der Waals surface area contributed by atoms with Crippen LogP contribution >= 0.6 is 0 Å². The van der Waals surface area contributed by atoms with Crippen LogP contribution in [0.15, 0.2) is 52.2 Å². The third-order valence-corrected chi connectivity index (χ3v) is 4.92. The van der Waals surface area contributed by atoms with Crippen molar-refractivity contribution in [3.8, 4) is 34.2 Å². The summed E-state index contributed by atoms with van der Waals surface area (Å²) < 4.78 is 16.8. The Balaban J connectivity index is 1.62. The summed E-state index contributed by atoms with van der Waals surface area (Å²) in [7, 11) is 1.55. The van der Waals surface area contributed by atoms with E-state index in [9.17, 15) is 10.0 Å². The maximum absolute atomic E-state index is 10.7. The standard InChI is InChI=1S/C22H23N5O5/c1-30-17-9-6-15(12-25-17)18-20(32-21(26-18)19(27-29)13-2-3-13)14-4-7-16(8-5-14)31-11-10-24-22(23)28/h4-9,12-13,29H,2-3,10-11H2,1H3,(H3,23,24,28)/b27-19+. The van der Waals surface area contributed by atoms with E-state index in [-0.39, 0.29) is 18.4 Å². The van der Waals surface area contributed by atoms with Crippen LogP contribution in [0.4, 0.5) is 4.79 Å². The molecule has 32 heavy (non-hydrogen) atoms. The SMILES string of the molecule is COc1ccc(-c2nc(/C(=N/O)C3CC3)oc2-c2ccc(OCCNC(N)=O)cc2)cn1. The number of methoxy groups -OCH3 is 1. The molecule has 1 saturated carbocycles. The number of hydrogen-bond acceptors (Lipinski definition) is 8. The molecule has 0 spiro atoms. The monoisotopic (exact) mass is 437 g/mol. The molecule has 2 amide bonds. The summed E-state index contributed by atoms with van der Waals surface area (Å²) in [5.41, 5.74) is 7.56. The van der Waals surface area contributed by atoms with Crippen molar-refractivity contribution in [1.82, 2.24) is 15.3 Å². The van der Waals surface area contributed by atoms with Gasteiger partial charge in [-0.3, -0.25) is 0 Å². The number of primary amides is 1. The average molecular weight is 437 g/mol. The number of nitrogens with zero attached hydrogens (tertiary/aromatic N) is 3. The molecule has 10 nitrogen and oxygen atoms in total. The number of oxazole rings is 1. The lowest BCUT2D eigenvalue weighted by molar-refractivity contribution is 0.244. The molecule has 0 unspecified atom stereocenters. The number of hydrogen-bond donors (Lipinski definition) is 3. The van der Waals surface area contributed by atoms with Gasteiger partial charge in [0.15, 0.2) is 5.76 Å². The Labute approximate surface area is 184 Å². The predicted molar refractivity (Wildman–Crippen MR) is 116 cm³/mol. The highest BCUT2D eigenvalue weighted by atomic mass is 16.5. The van der Waals surface area contributed by atoms with Gasteiger partial charge in [0.1, 0.15) is 23.8 Å². The van der Waals surface area contributed by atoms with Crippen LogP contribution in [0.1, 0.15) is 18.7 Å². The van der Waals surface area contributed by atoms with E-state index in [1.807, 2.05) is 18.2 Å². The number of nitrogens with two attached hydrogens (primary N) is 1. The molecule has 0 bridgehead atoms. The van der Waals surface area contributed by atoms with Gasteiger partial charge in [-0.15, -0.1) is 0 Å². The molecule has 4 N–H and O–H groups in total. The van der Waals surface area contributed by atoms with E-state index in [4.69, 9.17) is 19.6 Å². The quantitative estimate of drug-likeness (QED) is 0.202. The van der Waals surface area contributed by atoms with Crippen molar-refractivity contribution in [2.24, 2.45) is 16.8 Å². The Morgan fingerprint density at radius 3 is 2.59 bits per heavy atom. The maximum atomic E-state index is 10.7. The van der Waals surface area contributed by atoms with Crippen LogP contribution in [0.25, 0.3) is 22.6 Å². The van der Waals surface area contributed by atoms with Gasteiger partial charge >= 0.3 is 6.03 Å². The van der Waals surface area contributed by atoms with Crippen LogP contribution in [0, 0.1) is 5.92 Å². The Hall–Kier alpha value is -4.08. The molecule has 0 saturated heterocycles. The Morgan fingerprint density at radius 2 is 2.00 bits per heavy atom. The molecule has 0 atom stereocenters. The van der Waals surface area contributed by atoms with Gasteiger partial charge in [-0.05, 0) is 43.2 Å². The van der Waals surface area contributed by atoms with Crippen LogP contribution in [-0.2, 0) is 0 Å². The number of amides is 2. The van der Waals surface area contributed by atoms with Crippen LogP contribution in [0.5, 0.6) is 11.6 Å². The van der Waals surface area contributed by atoms with Crippen molar-refractivity contribution in [3.63, 3.8) is 0 Å². The second kappa shape index (κ2) is 9.38. The van der Waals surface area contributed by atoms with E-state index >= 15 is 0 Å². The van der Waals surface area contributed by atoms with Crippen molar-refractivity contribution >= 4 is 11.7 Å². The molecule has 1 aromatic carbocycles. The van der Waals surface area contributed by atoms with Gasteiger partial charge in [0.2, 0.25) is 11.8 Å². The molecule has 0 radical (unpaired) electrons. The van der Waals surface area contributed by atoms with Crippen LogP contribution < -0.4 is 20.5 Å². The molecule has 1 aliphatic carbocycles. The molecule has 0 aliphatic heterocycles. The summed E-state index contributed by atoms with van der Waals surface area (Å²) >= 11 is 0. The summed E-state index contributed by atoms with van der Waals surface area (Å²) in [6.45, 7) is 0.594. The lowest BCUT2D eigenvalue weighted by Crippen LogP contribution is -2.32. The molecule has 2 heterocycles. The number of urea groups is 1. The fourth-order valence-electron chi connectivity index (χ4n) is 3.16. The van der Waals surface area contributed by atoms with Gasteiger partial charge in [0.05, 0.1) is 13.7 Å². The van der Waals surface area contributed by atoms with E-state index in [1.54, 1.807) is 31.5 Å². The first kappa shape index (κ1) is 21.2. The molecule has 166 valence electrons. The third-order valence-electron chi connectivity index (χ3n) is 4.92. The molecule has 4 rings (SSSR count). The molecule has 3 aromatic rings. The Kier molecular flexibility index (Phi) is 6.20. The molecule has 1 fully saturated rings. The average Bonchev–Trinajstić information content (AvgIpc) is 3.55. The van der Waals surface area contributed by atoms with Crippen molar-refractivity contribution in [1.29, 1.82) is 0 Å². The number of ether oxygens (including phenoxy) is 2. The minimum absolute atomic E-state index is 0.151. The predicted octanol–water partition coefficient (Wildman–Crippen LogP) is 3.05. The van der Waals surface area contributed by atoms with E-state index in [0.29, 0.717) is 35.3 Å². The number of oxime groups is 1. The van der Waals surface area contributed by atoms with E-state index in [0.717, 1.165) is 24.0 Å². The number of aromatic nitrogens is 2. The molecule has 1 aliphatic rings. The maximum Gasteiger partial charge on any atom is 0.312 e. The number of rotatable bonds is 9. The fraction of sp³-hybridized carbons (Fsp3) is 0.273. The zero-order chi connectivity index (χ0) is 22.5. The summed E-state index contributed by atoms with van der Waals surface area (Å²) in [4.78, 5) is 19.6. The van der Waals surface area contributed by atoms with Gasteiger partial charge in [-0.2, -0.15) is 0 Å². The van der Waals surface area contributed by atoms with Crippen LogP contribution in [0.2, 0.25) is 0 Å². The Bertz CT molecular complexity index is 1100. The van der Waals surface area contributed by atoms with Gasteiger partial charge in [0, 0.05) is 29.3 Å². The fourth-order valence-corrected chi connectivity index (χ4v) is 3.16. The van der Waals surface area contributed by atoms with Crippen molar-refractivity contribution < 1.29 is 23.9 Å². The van der Waals surface area contributed by atoms with Crippen molar-refractivity contribution in [2.45, 2.75) is 12.8 Å². The van der Waals surface area contributed by atoms with Gasteiger partial charge < -0.3 is 30.1 Å². The summed E-state index contributed by atoms with van der Waals surface area (Å²) in [5, 5.41) is 15.4. The Morgan fingerprint density at radius 1 is 1.25 bits per heavy atom. The number of pyridine rings is 1. The van der Waals surface area contributed by atoms with Crippen molar-refractivity contribution in [2.75, 3.05) is 20.3 Å². The first-order chi connectivity index (χ1) is 15.6. The van der Waals surface area contributed by atoms with Crippen molar-refractivity contribution in [3.05, 3.63) is 48.5 Å². The van der Waals surface area contributed by atoms with E-state index < -0.39 is 6.03 Å². The largest absolute Gasteiger partial charge is 0.492 e. The van der Waals surface area contributed by atoms with Crippen LogP contribution in [-0.4, -0.2) is 47.2 Å². The normalized spacial score (nSPS) is 13.6. The highest BCUT2D eigenvalue weighted by Gasteiger charge is 2.33. The lowest BCUT2D eigenvalue weighted by atomic mass is 10.1. The summed E-state index contributed by atoms with van der Waals surface area (Å²) in [6, 6.07) is 10.3. The minimum Gasteiger partial charge on any atom is -0.492 e. The lowest BCUT2D eigenvalue weighted by Gasteiger charge is -2.07. The van der Waals surface area contributed by atoms with Crippen LogP contribution in [0.3, 0.4) is 0 Å². The molecule has 2 aromatic heterocycles. The first-order valence-electron chi connectivity index (χ1n) is 10.1. The second-order valence-corrected chi connectivity index (χ2v) is 7.21. The topological polar surface area (TPSA) is 145 Å². The van der Waals surface area contributed by atoms with Gasteiger partial charge in [-0.25, -0.2) is 14.8 Å². The van der Waals surface area contributed by atoms with E-state index in [2.05, 4.69) is 20.4 Å². The zero-order valence-corrected chi connectivity index (χ0v) is 17.4. The summed E-state index contributed by atoms with van der Waals surface area (Å²) in [5.74, 6) is 2.08. The van der Waals surface area contributed by atoms with Gasteiger partial charge in [0.25, 0.3) is 0 Å². The van der Waals surface area contributed by atoms with E-state index in [1.165, 1.54) is 0 Å². The smallest absolute Gasteiger partial charge is 0.312 e. The summed E-state index contributed by atoms with van der Waals surface area (Å²) in [6.07, 6.45) is 3.53. The molecule has 10 heteroatoms. The first-order valence-corrected chi connectivity index (χ1v) is 10.1. The number of nitrogens with one attached hydrogen (secondary N) is 1.